The summed E-state index contributed by atoms with van der Waals surface area (Å²) in [5, 5.41) is 29.7. The summed E-state index contributed by atoms with van der Waals surface area (Å²) in [6, 6.07) is 6.52. The van der Waals surface area contributed by atoms with Crippen LogP contribution >= 0.6 is 0 Å². The zero-order valence-electron chi connectivity index (χ0n) is 13.3. The summed E-state index contributed by atoms with van der Waals surface area (Å²) in [7, 11) is 1.38. The van der Waals surface area contributed by atoms with Crippen molar-refractivity contribution in [3.8, 4) is 0 Å². The van der Waals surface area contributed by atoms with E-state index in [1.807, 2.05) is 24.3 Å². The van der Waals surface area contributed by atoms with Crippen LogP contribution in [0, 0.1) is 0 Å². The Morgan fingerprint density at radius 3 is 2.71 bits per heavy atom. The van der Waals surface area contributed by atoms with E-state index in [0.29, 0.717) is 12.8 Å². The number of fused-ring (bicyclic) bond motifs is 1. The largest absolute Gasteiger partial charge is 0.394 e. The highest BCUT2D eigenvalue weighted by Gasteiger charge is 2.45. The number of ether oxygens (including phenoxy) is 2. The van der Waals surface area contributed by atoms with Crippen molar-refractivity contribution in [2.45, 2.75) is 43.5 Å². The van der Waals surface area contributed by atoms with Gasteiger partial charge in [0.1, 0.15) is 30.1 Å². The van der Waals surface area contributed by atoms with Crippen molar-refractivity contribution < 1.29 is 29.6 Å². The molecule has 5 atom stereocenters. The summed E-state index contributed by atoms with van der Waals surface area (Å²) < 4.78 is 10.6. The minimum Gasteiger partial charge on any atom is -0.394 e. The van der Waals surface area contributed by atoms with Gasteiger partial charge in [-0.1, -0.05) is 24.3 Å². The van der Waals surface area contributed by atoms with Gasteiger partial charge in [0.2, 0.25) is 0 Å². The van der Waals surface area contributed by atoms with Crippen LogP contribution in [0.2, 0.25) is 0 Å². The summed E-state index contributed by atoms with van der Waals surface area (Å²) in [6.07, 6.45) is -3.55. The fraction of sp³-hybridized carbons (Fsp3) is 0.529. The lowest BCUT2D eigenvalue weighted by atomic mass is 9.88. The van der Waals surface area contributed by atoms with Gasteiger partial charge in [-0.05, 0) is 12.0 Å². The maximum atomic E-state index is 12.3. The average Bonchev–Trinajstić information content (AvgIpc) is 2.61. The molecule has 0 bridgehead atoms. The maximum Gasteiger partial charge on any atom is 0.182 e. The normalized spacial score (nSPS) is 35.1. The van der Waals surface area contributed by atoms with Gasteiger partial charge in [-0.25, -0.2) is 0 Å². The van der Waals surface area contributed by atoms with Crippen LogP contribution in [0.3, 0.4) is 0 Å². The van der Waals surface area contributed by atoms with E-state index in [0.717, 1.165) is 11.1 Å². The molecular formula is C17H21NO6. The molecule has 1 saturated heterocycles. The second kappa shape index (κ2) is 7.08. The van der Waals surface area contributed by atoms with E-state index >= 15 is 0 Å². The van der Waals surface area contributed by atoms with E-state index in [1.165, 1.54) is 7.11 Å². The summed E-state index contributed by atoms with van der Waals surface area (Å²) in [5.41, 5.74) is 2.01. The van der Waals surface area contributed by atoms with Crippen LogP contribution in [-0.4, -0.2) is 71.2 Å². The number of rotatable bonds is 3. The molecule has 1 aromatic rings. The SMILES string of the molecule is CO[C@@H]1O[C@H](CO)[C@@H](O)[C@H](O)[C@H]1N=C1C(=O)CCc2ccccc21. The van der Waals surface area contributed by atoms with Gasteiger partial charge in [0.05, 0.1) is 6.61 Å². The van der Waals surface area contributed by atoms with E-state index in [1.54, 1.807) is 0 Å². The molecule has 0 saturated carbocycles. The monoisotopic (exact) mass is 335 g/mol. The Morgan fingerprint density at radius 1 is 1.25 bits per heavy atom. The number of hydrogen-bond acceptors (Lipinski definition) is 7. The third-order valence-corrected chi connectivity index (χ3v) is 4.52. The first kappa shape index (κ1) is 17.2. The van der Waals surface area contributed by atoms with Gasteiger partial charge in [0.25, 0.3) is 0 Å². The van der Waals surface area contributed by atoms with Gasteiger partial charge in [-0.3, -0.25) is 9.79 Å². The molecule has 1 aromatic carbocycles. The van der Waals surface area contributed by atoms with Gasteiger partial charge in [0, 0.05) is 19.1 Å². The number of methoxy groups -OCH3 is 1. The highest BCUT2D eigenvalue weighted by molar-refractivity contribution is 6.47. The molecule has 0 unspecified atom stereocenters. The molecule has 3 rings (SSSR count). The number of benzene rings is 1. The summed E-state index contributed by atoms with van der Waals surface area (Å²) in [4.78, 5) is 16.7. The van der Waals surface area contributed by atoms with Crippen molar-refractivity contribution in [1.82, 2.24) is 0 Å². The summed E-state index contributed by atoms with van der Waals surface area (Å²) >= 11 is 0. The minimum atomic E-state index is -1.32. The Bertz CT molecular complexity index is 644. The third-order valence-electron chi connectivity index (χ3n) is 4.52. The molecule has 1 fully saturated rings. The molecule has 130 valence electrons. The fourth-order valence-electron chi connectivity index (χ4n) is 3.18. The van der Waals surface area contributed by atoms with Crippen molar-refractivity contribution in [1.29, 1.82) is 0 Å². The lowest BCUT2D eigenvalue weighted by Gasteiger charge is -2.40. The maximum absolute atomic E-state index is 12.3. The van der Waals surface area contributed by atoms with Crippen LogP contribution in [-0.2, 0) is 20.7 Å². The van der Waals surface area contributed by atoms with Crippen molar-refractivity contribution >= 4 is 11.5 Å². The Balaban J connectivity index is 1.98. The number of aryl methyl sites for hydroxylation is 1. The van der Waals surface area contributed by atoms with Gasteiger partial charge in [-0.2, -0.15) is 0 Å². The van der Waals surface area contributed by atoms with Crippen molar-refractivity contribution in [2.24, 2.45) is 4.99 Å². The first-order valence-electron chi connectivity index (χ1n) is 7.91. The van der Waals surface area contributed by atoms with E-state index < -0.39 is 37.3 Å². The number of hydrogen-bond donors (Lipinski definition) is 3. The van der Waals surface area contributed by atoms with E-state index in [9.17, 15) is 20.1 Å². The molecule has 3 N–H and O–H groups in total. The minimum absolute atomic E-state index is 0.116. The smallest absolute Gasteiger partial charge is 0.182 e. The molecule has 2 aliphatic rings. The van der Waals surface area contributed by atoms with Crippen LogP contribution in [0.4, 0.5) is 0 Å². The van der Waals surface area contributed by atoms with E-state index in [-0.39, 0.29) is 11.5 Å². The number of carbonyl (C=O) groups excluding carboxylic acids is 1. The number of aliphatic imine (C=N–C) groups is 1. The molecular weight excluding hydrogens is 314 g/mol. The van der Waals surface area contributed by atoms with Crippen LogP contribution in [0.25, 0.3) is 0 Å². The van der Waals surface area contributed by atoms with Gasteiger partial charge >= 0.3 is 0 Å². The molecule has 0 radical (unpaired) electrons. The Hall–Kier alpha value is -1.64. The zero-order valence-corrected chi connectivity index (χ0v) is 13.3. The standard InChI is InChI=1S/C17H21NO6/c1-23-17-14(16(22)15(21)12(8-19)24-17)18-13-10-5-3-2-4-9(10)6-7-11(13)20/h2-5,12,14-17,19,21-22H,6-8H2,1H3/t12-,14-,15-,16-,17-/m1/s1. The number of aliphatic hydroxyl groups excluding tert-OH is 3. The summed E-state index contributed by atoms with van der Waals surface area (Å²) in [6.45, 7) is -0.455. The Kier molecular flexibility index (Phi) is 5.07. The second-order valence-corrected chi connectivity index (χ2v) is 5.99. The second-order valence-electron chi connectivity index (χ2n) is 5.99. The summed E-state index contributed by atoms with van der Waals surface area (Å²) in [5.74, 6) is -0.116. The first-order chi connectivity index (χ1) is 11.6. The molecule has 0 aromatic heterocycles. The molecule has 0 spiro atoms. The lowest BCUT2D eigenvalue weighted by Crippen LogP contribution is -2.58. The average molecular weight is 335 g/mol. The highest BCUT2D eigenvalue weighted by atomic mass is 16.7. The van der Waals surface area contributed by atoms with Crippen molar-refractivity contribution in [3.63, 3.8) is 0 Å². The van der Waals surface area contributed by atoms with Gasteiger partial charge in [0.15, 0.2) is 12.1 Å². The highest BCUT2D eigenvalue weighted by Crippen LogP contribution is 2.27. The van der Waals surface area contributed by atoms with Gasteiger partial charge < -0.3 is 24.8 Å². The number of aliphatic hydroxyl groups is 3. The Morgan fingerprint density at radius 2 is 2.00 bits per heavy atom. The zero-order chi connectivity index (χ0) is 17.3. The van der Waals surface area contributed by atoms with Crippen LogP contribution < -0.4 is 0 Å². The molecule has 7 nitrogen and oxygen atoms in total. The predicted octanol–water partition coefficient (Wildman–Crippen LogP) is -0.555. The van der Waals surface area contributed by atoms with Crippen LogP contribution in [0.15, 0.2) is 29.3 Å². The number of nitrogens with zero attached hydrogens (tertiary/aromatic N) is 1. The molecule has 24 heavy (non-hydrogen) atoms. The predicted molar refractivity (Wildman–Crippen MR) is 84.9 cm³/mol. The molecule has 7 heteroatoms. The molecule has 1 aliphatic carbocycles. The van der Waals surface area contributed by atoms with Crippen molar-refractivity contribution in [3.05, 3.63) is 35.4 Å². The topological polar surface area (TPSA) is 109 Å². The fourth-order valence-corrected chi connectivity index (χ4v) is 3.18. The quantitative estimate of drug-likeness (QED) is 0.684. The van der Waals surface area contributed by atoms with Crippen LogP contribution in [0.1, 0.15) is 17.5 Å². The molecule has 0 amide bonds. The van der Waals surface area contributed by atoms with Crippen molar-refractivity contribution in [2.75, 3.05) is 13.7 Å². The van der Waals surface area contributed by atoms with Crippen LogP contribution in [0.5, 0.6) is 0 Å². The number of ketones is 1. The lowest BCUT2D eigenvalue weighted by molar-refractivity contribution is -0.257. The number of carbonyl (C=O) groups is 1. The molecule has 1 aliphatic heterocycles. The molecule has 1 heterocycles. The Labute approximate surface area is 139 Å². The van der Waals surface area contributed by atoms with E-state index in [2.05, 4.69) is 4.99 Å². The van der Waals surface area contributed by atoms with Gasteiger partial charge in [-0.15, -0.1) is 0 Å². The first-order valence-corrected chi connectivity index (χ1v) is 7.91. The third kappa shape index (κ3) is 3.01. The van der Waals surface area contributed by atoms with E-state index in [4.69, 9.17) is 9.47 Å². The number of Topliss-reactive ketones (excluding diaryl/α,β-unsaturated/α-hetero) is 1.